The van der Waals surface area contributed by atoms with Crippen LogP contribution in [0.1, 0.15) is 57.8 Å². The van der Waals surface area contributed by atoms with Gasteiger partial charge in [-0.2, -0.15) is 0 Å². The van der Waals surface area contributed by atoms with Gasteiger partial charge in [0.2, 0.25) is 0 Å². The van der Waals surface area contributed by atoms with Gasteiger partial charge in [-0.25, -0.2) is 0 Å². The highest BCUT2D eigenvalue weighted by Crippen LogP contribution is 2.30. The molecule has 1 aliphatic heterocycles. The topological polar surface area (TPSA) is 27.3 Å². The van der Waals surface area contributed by atoms with Gasteiger partial charge in [0.15, 0.2) is 0 Å². The van der Waals surface area contributed by atoms with Gasteiger partial charge in [-0.15, -0.1) is 0 Å². The third kappa shape index (κ3) is 3.96. The Kier molecular flexibility index (Phi) is 5.36. The highest BCUT2D eigenvalue weighted by Gasteiger charge is 2.32. The fourth-order valence-electron chi connectivity index (χ4n) is 4.26. The van der Waals surface area contributed by atoms with Crippen LogP contribution in [0, 0.1) is 5.92 Å². The van der Waals surface area contributed by atoms with Crippen molar-refractivity contribution in [1.29, 1.82) is 0 Å². The summed E-state index contributed by atoms with van der Waals surface area (Å²) in [4.78, 5) is 2.55. The van der Waals surface area contributed by atoms with Crippen LogP contribution in [0.25, 0.3) is 0 Å². The summed E-state index contributed by atoms with van der Waals surface area (Å²) in [7, 11) is 2.29. The zero-order chi connectivity index (χ0) is 13.8. The van der Waals surface area contributed by atoms with Crippen molar-refractivity contribution in [2.45, 2.75) is 75.9 Å². The SMILES string of the molecule is CN(CCNC1CCCCC1C1CCCCN1)C1CC1. The zero-order valence-corrected chi connectivity index (χ0v) is 13.2. The fraction of sp³-hybridized carbons (Fsp3) is 1.00. The van der Waals surface area contributed by atoms with E-state index in [4.69, 9.17) is 0 Å². The molecule has 1 saturated heterocycles. The molecule has 0 aromatic carbocycles. The van der Waals surface area contributed by atoms with Crippen LogP contribution in [0.3, 0.4) is 0 Å². The first-order valence-corrected chi connectivity index (χ1v) is 9.01. The molecule has 0 amide bonds. The van der Waals surface area contributed by atoms with Gasteiger partial charge in [-0.3, -0.25) is 0 Å². The lowest BCUT2D eigenvalue weighted by Crippen LogP contribution is -2.51. The Balaban J connectivity index is 1.44. The monoisotopic (exact) mass is 279 g/mol. The smallest absolute Gasteiger partial charge is 0.0111 e. The summed E-state index contributed by atoms with van der Waals surface area (Å²) < 4.78 is 0. The molecule has 116 valence electrons. The Bertz CT molecular complexity index is 284. The second-order valence-corrected chi connectivity index (χ2v) is 7.28. The number of nitrogens with zero attached hydrogens (tertiary/aromatic N) is 1. The molecular weight excluding hydrogens is 246 g/mol. The van der Waals surface area contributed by atoms with Gasteiger partial charge < -0.3 is 15.5 Å². The van der Waals surface area contributed by atoms with Crippen molar-refractivity contribution in [3.05, 3.63) is 0 Å². The molecule has 3 fully saturated rings. The van der Waals surface area contributed by atoms with Crippen LogP contribution in [-0.2, 0) is 0 Å². The van der Waals surface area contributed by atoms with Crippen LogP contribution in [0.2, 0.25) is 0 Å². The minimum Gasteiger partial charge on any atom is -0.314 e. The molecule has 20 heavy (non-hydrogen) atoms. The fourth-order valence-corrected chi connectivity index (χ4v) is 4.26. The summed E-state index contributed by atoms with van der Waals surface area (Å²) in [5.41, 5.74) is 0. The van der Waals surface area contributed by atoms with E-state index >= 15 is 0 Å². The molecule has 2 saturated carbocycles. The molecule has 3 atom stereocenters. The molecule has 3 nitrogen and oxygen atoms in total. The lowest BCUT2D eigenvalue weighted by atomic mass is 9.77. The summed E-state index contributed by atoms with van der Waals surface area (Å²) in [6, 6.07) is 2.47. The molecule has 0 radical (unpaired) electrons. The first-order valence-electron chi connectivity index (χ1n) is 9.01. The summed E-state index contributed by atoms with van der Waals surface area (Å²) >= 11 is 0. The Morgan fingerprint density at radius 1 is 1.00 bits per heavy atom. The molecule has 2 N–H and O–H groups in total. The van der Waals surface area contributed by atoms with E-state index in [0.29, 0.717) is 0 Å². The van der Waals surface area contributed by atoms with E-state index in [1.165, 1.54) is 77.4 Å². The van der Waals surface area contributed by atoms with Gasteiger partial charge in [0.25, 0.3) is 0 Å². The predicted molar refractivity (Wildman–Crippen MR) is 85.0 cm³/mol. The van der Waals surface area contributed by atoms with Gasteiger partial charge in [0.1, 0.15) is 0 Å². The number of hydrogen-bond acceptors (Lipinski definition) is 3. The van der Waals surface area contributed by atoms with E-state index in [-0.39, 0.29) is 0 Å². The molecule has 3 rings (SSSR count). The third-order valence-corrected chi connectivity index (χ3v) is 5.73. The van der Waals surface area contributed by atoms with Crippen molar-refractivity contribution >= 4 is 0 Å². The molecule has 3 heteroatoms. The second kappa shape index (κ2) is 7.24. The first-order chi connectivity index (χ1) is 9.84. The summed E-state index contributed by atoms with van der Waals surface area (Å²) in [6.07, 6.45) is 12.8. The average molecular weight is 279 g/mol. The maximum atomic E-state index is 3.90. The van der Waals surface area contributed by atoms with E-state index in [2.05, 4.69) is 22.6 Å². The molecule has 0 spiro atoms. The van der Waals surface area contributed by atoms with Crippen LogP contribution in [0.5, 0.6) is 0 Å². The van der Waals surface area contributed by atoms with Crippen molar-refractivity contribution in [2.24, 2.45) is 5.92 Å². The minimum absolute atomic E-state index is 0.770. The second-order valence-electron chi connectivity index (χ2n) is 7.28. The van der Waals surface area contributed by atoms with Crippen LogP contribution >= 0.6 is 0 Å². The van der Waals surface area contributed by atoms with E-state index in [9.17, 15) is 0 Å². The number of hydrogen-bond donors (Lipinski definition) is 2. The van der Waals surface area contributed by atoms with Gasteiger partial charge in [0, 0.05) is 31.2 Å². The lowest BCUT2D eigenvalue weighted by Gasteiger charge is -2.40. The molecular formula is C17H33N3. The summed E-state index contributed by atoms with van der Waals surface area (Å²) in [5, 5.41) is 7.70. The maximum Gasteiger partial charge on any atom is 0.0111 e. The molecule has 0 aromatic heterocycles. The number of piperidine rings is 1. The van der Waals surface area contributed by atoms with Crippen molar-refractivity contribution < 1.29 is 0 Å². The summed E-state index contributed by atoms with van der Waals surface area (Å²) in [6.45, 7) is 3.66. The van der Waals surface area contributed by atoms with Crippen molar-refractivity contribution in [3.63, 3.8) is 0 Å². The third-order valence-electron chi connectivity index (χ3n) is 5.73. The largest absolute Gasteiger partial charge is 0.314 e. The quantitative estimate of drug-likeness (QED) is 0.782. The highest BCUT2D eigenvalue weighted by atomic mass is 15.2. The zero-order valence-electron chi connectivity index (χ0n) is 13.2. The lowest BCUT2D eigenvalue weighted by molar-refractivity contribution is 0.177. The van der Waals surface area contributed by atoms with Crippen LogP contribution in [0.15, 0.2) is 0 Å². The molecule has 3 aliphatic rings. The molecule has 0 bridgehead atoms. The van der Waals surface area contributed by atoms with Crippen LogP contribution in [-0.4, -0.2) is 49.7 Å². The molecule has 2 aliphatic carbocycles. The Labute approximate surface area is 124 Å². The number of nitrogens with one attached hydrogen (secondary N) is 2. The van der Waals surface area contributed by atoms with Crippen molar-refractivity contribution in [3.8, 4) is 0 Å². The van der Waals surface area contributed by atoms with E-state index < -0.39 is 0 Å². The number of rotatable bonds is 6. The minimum atomic E-state index is 0.770. The Hall–Kier alpha value is -0.120. The van der Waals surface area contributed by atoms with Gasteiger partial charge in [0.05, 0.1) is 0 Å². The normalized spacial score (nSPS) is 35.4. The van der Waals surface area contributed by atoms with Gasteiger partial charge in [-0.05, 0) is 58.0 Å². The van der Waals surface area contributed by atoms with E-state index in [1.807, 2.05) is 0 Å². The molecule has 0 aromatic rings. The van der Waals surface area contributed by atoms with E-state index in [0.717, 1.165) is 24.0 Å². The number of likely N-dealkylation sites (N-methyl/N-ethyl adjacent to an activating group) is 1. The van der Waals surface area contributed by atoms with Crippen molar-refractivity contribution in [1.82, 2.24) is 15.5 Å². The highest BCUT2D eigenvalue weighted by molar-refractivity contribution is 4.91. The predicted octanol–water partition coefficient (Wildman–Crippen LogP) is 2.37. The molecule has 3 unspecified atom stereocenters. The van der Waals surface area contributed by atoms with Crippen LogP contribution < -0.4 is 10.6 Å². The maximum absolute atomic E-state index is 3.90. The Morgan fingerprint density at radius 2 is 1.80 bits per heavy atom. The first kappa shape index (κ1) is 14.8. The van der Waals surface area contributed by atoms with E-state index in [1.54, 1.807) is 0 Å². The van der Waals surface area contributed by atoms with Gasteiger partial charge in [-0.1, -0.05) is 19.3 Å². The Morgan fingerprint density at radius 3 is 2.55 bits per heavy atom. The van der Waals surface area contributed by atoms with Crippen molar-refractivity contribution in [2.75, 3.05) is 26.7 Å². The summed E-state index contributed by atoms with van der Waals surface area (Å²) in [5.74, 6) is 0.885. The molecule has 1 heterocycles. The van der Waals surface area contributed by atoms with Gasteiger partial charge >= 0.3 is 0 Å². The van der Waals surface area contributed by atoms with Crippen LogP contribution in [0.4, 0.5) is 0 Å². The standard InChI is InChI=1S/C17H33N3/c1-20(14-9-10-14)13-12-19-17-7-3-2-6-15(17)16-8-4-5-11-18-16/h14-19H,2-13H2,1H3. The average Bonchev–Trinajstić information content (AvgIpc) is 3.33.